The Morgan fingerprint density at radius 2 is 2.16 bits per heavy atom. The van der Waals surface area contributed by atoms with E-state index in [0.29, 0.717) is 25.9 Å². The van der Waals surface area contributed by atoms with Crippen LogP contribution in [0.2, 0.25) is 0 Å². The molecule has 0 spiro atoms. The molecule has 1 aliphatic rings. The molecule has 1 aromatic rings. The Balaban J connectivity index is 2.20. The van der Waals surface area contributed by atoms with Gasteiger partial charge in [0.15, 0.2) is 0 Å². The Hall–Kier alpha value is -1.79. The highest BCUT2D eigenvalue weighted by molar-refractivity contribution is 5.77. The number of pyridine rings is 1. The summed E-state index contributed by atoms with van der Waals surface area (Å²) in [6, 6.07) is 3.76. The van der Waals surface area contributed by atoms with Gasteiger partial charge in [0.05, 0.1) is 5.92 Å². The molecule has 1 amide bonds. The van der Waals surface area contributed by atoms with Crippen LogP contribution in [0.15, 0.2) is 18.2 Å². The molecule has 0 bridgehead atoms. The van der Waals surface area contributed by atoms with E-state index in [-0.39, 0.29) is 11.7 Å². The highest BCUT2D eigenvalue weighted by Crippen LogP contribution is 2.29. The maximum atomic E-state index is 12.6. The number of hydrogen-bond donors (Lipinski definition) is 1. The molecule has 19 heavy (non-hydrogen) atoms. The number of halogens is 3. The fourth-order valence-corrected chi connectivity index (χ4v) is 2.17. The Morgan fingerprint density at radius 1 is 1.42 bits per heavy atom. The van der Waals surface area contributed by atoms with Gasteiger partial charge >= 0.3 is 6.18 Å². The summed E-state index contributed by atoms with van der Waals surface area (Å²) in [5.41, 5.74) is 4.32. The smallest absolute Gasteiger partial charge is 0.369 e. The molecule has 1 aliphatic heterocycles. The van der Waals surface area contributed by atoms with Crippen LogP contribution in [0.1, 0.15) is 18.5 Å². The number of primary amides is 1. The van der Waals surface area contributed by atoms with Gasteiger partial charge in [0.25, 0.3) is 0 Å². The molecule has 0 radical (unpaired) electrons. The minimum atomic E-state index is -4.46. The van der Waals surface area contributed by atoms with E-state index in [1.165, 1.54) is 12.1 Å². The number of carbonyl (C=O) groups is 1. The van der Waals surface area contributed by atoms with Gasteiger partial charge in [0, 0.05) is 13.1 Å². The lowest BCUT2D eigenvalue weighted by atomic mass is 9.97. The van der Waals surface area contributed by atoms with E-state index in [1.54, 1.807) is 4.90 Å². The predicted molar refractivity (Wildman–Crippen MR) is 63.4 cm³/mol. The maximum Gasteiger partial charge on any atom is 0.433 e. The Bertz CT molecular complexity index is 476. The average molecular weight is 273 g/mol. The zero-order valence-corrected chi connectivity index (χ0v) is 10.2. The summed E-state index contributed by atoms with van der Waals surface area (Å²) in [5.74, 6) is -0.512. The molecular weight excluding hydrogens is 259 g/mol. The van der Waals surface area contributed by atoms with Gasteiger partial charge < -0.3 is 10.6 Å². The molecule has 0 aliphatic carbocycles. The summed E-state index contributed by atoms with van der Waals surface area (Å²) in [6.45, 7) is 0.904. The molecule has 0 aromatic carbocycles. The molecule has 2 rings (SSSR count). The number of hydrogen-bond acceptors (Lipinski definition) is 3. The lowest BCUT2D eigenvalue weighted by Gasteiger charge is -2.32. The van der Waals surface area contributed by atoms with Crippen LogP contribution >= 0.6 is 0 Å². The van der Waals surface area contributed by atoms with Crippen molar-refractivity contribution in [3.63, 3.8) is 0 Å². The first-order valence-electron chi connectivity index (χ1n) is 5.96. The highest BCUT2D eigenvalue weighted by atomic mass is 19.4. The molecule has 1 fully saturated rings. The van der Waals surface area contributed by atoms with Crippen molar-refractivity contribution in [1.82, 2.24) is 4.98 Å². The summed E-state index contributed by atoms with van der Waals surface area (Å²) < 4.78 is 37.8. The molecule has 1 atom stereocenters. The quantitative estimate of drug-likeness (QED) is 0.894. The van der Waals surface area contributed by atoms with Gasteiger partial charge in [-0.15, -0.1) is 0 Å². The summed E-state index contributed by atoms with van der Waals surface area (Å²) >= 11 is 0. The third kappa shape index (κ3) is 3.15. The molecule has 1 aromatic heterocycles. The van der Waals surface area contributed by atoms with Crippen molar-refractivity contribution in [3.8, 4) is 0 Å². The van der Waals surface area contributed by atoms with E-state index < -0.39 is 17.8 Å². The van der Waals surface area contributed by atoms with Crippen LogP contribution in [-0.2, 0) is 11.0 Å². The first kappa shape index (κ1) is 13.6. The first-order chi connectivity index (χ1) is 8.88. The molecule has 2 N–H and O–H groups in total. The van der Waals surface area contributed by atoms with E-state index in [0.717, 1.165) is 6.07 Å². The minimum Gasteiger partial charge on any atom is -0.369 e. The zero-order chi connectivity index (χ0) is 14.0. The van der Waals surface area contributed by atoms with E-state index in [4.69, 9.17) is 5.73 Å². The molecular formula is C12H14F3N3O. The van der Waals surface area contributed by atoms with Crippen molar-refractivity contribution in [2.45, 2.75) is 19.0 Å². The fourth-order valence-electron chi connectivity index (χ4n) is 2.17. The van der Waals surface area contributed by atoms with E-state index in [2.05, 4.69) is 4.98 Å². The fraction of sp³-hybridized carbons (Fsp3) is 0.500. The van der Waals surface area contributed by atoms with Crippen LogP contribution < -0.4 is 10.6 Å². The molecule has 1 saturated heterocycles. The minimum absolute atomic E-state index is 0.237. The zero-order valence-electron chi connectivity index (χ0n) is 10.2. The van der Waals surface area contributed by atoms with Crippen molar-refractivity contribution in [3.05, 3.63) is 23.9 Å². The van der Waals surface area contributed by atoms with Crippen LogP contribution in [-0.4, -0.2) is 24.0 Å². The number of carbonyl (C=O) groups excluding carboxylic acids is 1. The van der Waals surface area contributed by atoms with E-state index in [9.17, 15) is 18.0 Å². The van der Waals surface area contributed by atoms with Crippen LogP contribution in [0, 0.1) is 5.92 Å². The van der Waals surface area contributed by atoms with E-state index in [1.807, 2.05) is 0 Å². The number of nitrogens with zero attached hydrogens (tertiary/aromatic N) is 2. The highest BCUT2D eigenvalue weighted by Gasteiger charge is 2.33. The number of aromatic nitrogens is 1. The van der Waals surface area contributed by atoms with Gasteiger partial charge in [0.1, 0.15) is 11.5 Å². The van der Waals surface area contributed by atoms with Crippen LogP contribution in [0.3, 0.4) is 0 Å². The second-order valence-electron chi connectivity index (χ2n) is 4.57. The van der Waals surface area contributed by atoms with Crippen molar-refractivity contribution in [2.75, 3.05) is 18.0 Å². The monoisotopic (exact) mass is 273 g/mol. The normalized spacial score (nSPS) is 20.4. The summed E-state index contributed by atoms with van der Waals surface area (Å²) in [4.78, 5) is 16.4. The van der Waals surface area contributed by atoms with Gasteiger partial charge in [-0.3, -0.25) is 4.79 Å². The lowest BCUT2D eigenvalue weighted by molar-refractivity contribution is -0.141. The lowest BCUT2D eigenvalue weighted by Crippen LogP contribution is -2.41. The van der Waals surface area contributed by atoms with E-state index >= 15 is 0 Å². The number of anilines is 1. The summed E-state index contributed by atoms with van der Waals surface area (Å²) in [5, 5.41) is 0. The van der Waals surface area contributed by atoms with Gasteiger partial charge in [0.2, 0.25) is 5.91 Å². The number of rotatable bonds is 2. The third-order valence-electron chi connectivity index (χ3n) is 3.17. The average Bonchev–Trinajstić information content (AvgIpc) is 2.38. The van der Waals surface area contributed by atoms with Gasteiger partial charge in [-0.1, -0.05) is 6.07 Å². The van der Waals surface area contributed by atoms with Crippen molar-refractivity contribution in [1.29, 1.82) is 0 Å². The third-order valence-corrected chi connectivity index (χ3v) is 3.17. The number of piperidine rings is 1. The number of alkyl halides is 3. The Labute approximate surface area is 108 Å². The van der Waals surface area contributed by atoms with Crippen molar-refractivity contribution in [2.24, 2.45) is 11.7 Å². The molecule has 4 nitrogen and oxygen atoms in total. The summed E-state index contributed by atoms with van der Waals surface area (Å²) in [7, 11) is 0. The van der Waals surface area contributed by atoms with Crippen LogP contribution in [0.5, 0.6) is 0 Å². The number of nitrogens with two attached hydrogens (primary N) is 1. The molecule has 7 heteroatoms. The predicted octanol–water partition coefficient (Wildman–Crippen LogP) is 1.80. The van der Waals surface area contributed by atoms with Crippen molar-refractivity contribution >= 4 is 11.7 Å². The Morgan fingerprint density at radius 3 is 2.79 bits per heavy atom. The number of amides is 1. The van der Waals surface area contributed by atoms with Gasteiger partial charge in [-0.2, -0.15) is 13.2 Å². The SMILES string of the molecule is NC(=O)C1CCCN(c2cccc(C(F)(F)F)n2)C1. The molecule has 1 unspecified atom stereocenters. The molecule has 2 heterocycles. The second-order valence-corrected chi connectivity index (χ2v) is 4.57. The standard InChI is InChI=1S/C12H14F3N3O/c13-12(14,15)9-4-1-5-10(17-9)18-6-2-3-8(7-18)11(16)19/h1,4-5,8H,2-3,6-7H2,(H2,16,19). The maximum absolute atomic E-state index is 12.6. The largest absolute Gasteiger partial charge is 0.433 e. The molecule has 104 valence electrons. The van der Waals surface area contributed by atoms with Gasteiger partial charge in [-0.05, 0) is 25.0 Å². The van der Waals surface area contributed by atoms with Gasteiger partial charge in [-0.25, -0.2) is 4.98 Å². The molecule has 0 saturated carbocycles. The Kier molecular flexibility index (Phi) is 3.64. The van der Waals surface area contributed by atoms with Crippen molar-refractivity contribution < 1.29 is 18.0 Å². The van der Waals surface area contributed by atoms with Crippen LogP contribution in [0.25, 0.3) is 0 Å². The van der Waals surface area contributed by atoms with Crippen LogP contribution in [0.4, 0.5) is 19.0 Å². The summed E-state index contributed by atoms with van der Waals surface area (Å²) in [6.07, 6.45) is -3.08. The first-order valence-corrected chi connectivity index (χ1v) is 5.96. The second kappa shape index (κ2) is 5.07. The topological polar surface area (TPSA) is 59.2 Å².